The zero-order chi connectivity index (χ0) is 14.4. The van der Waals surface area contributed by atoms with Gasteiger partial charge in [-0.2, -0.15) is 11.8 Å². The molecule has 19 heavy (non-hydrogen) atoms. The van der Waals surface area contributed by atoms with Gasteiger partial charge in [0, 0.05) is 17.3 Å². The van der Waals surface area contributed by atoms with E-state index >= 15 is 0 Å². The van der Waals surface area contributed by atoms with Crippen LogP contribution >= 0.6 is 11.8 Å². The minimum Gasteiger partial charge on any atom is -0.504 e. The highest BCUT2D eigenvalue weighted by atomic mass is 32.2. The summed E-state index contributed by atoms with van der Waals surface area (Å²) >= 11 is 1.65. The second-order valence-corrected chi connectivity index (χ2v) is 5.64. The maximum Gasteiger partial charge on any atom is 0.160 e. The van der Waals surface area contributed by atoms with Gasteiger partial charge < -0.3 is 20.3 Å². The van der Waals surface area contributed by atoms with Crippen molar-refractivity contribution in [3.05, 3.63) is 23.8 Å². The lowest BCUT2D eigenvalue weighted by molar-refractivity contribution is 0.271. The number of phenols is 1. The summed E-state index contributed by atoms with van der Waals surface area (Å²) in [5, 5.41) is 22.5. The van der Waals surface area contributed by atoms with Gasteiger partial charge in [-0.3, -0.25) is 0 Å². The molecule has 0 amide bonds. The van der Waals surface area contributed by atoms with E-state index < -0.39 is 0 Å². The van der Waals surface area contributed by atoms with Gasteiger partial charge in [0.05, 0.1) is 13.7 Å². The van der Waals surface area contributed by atoms with Gasteiger partial charge in [0.1, 0.15) is 0 Å². The molecule has 0 aliphatic rings. The van der Waals surface area contributed by atoms with E-state index in [0.29, 0.717) is 5.75 Å². The van der Waals surface area contributed by atoms with Crippen LogP contribution in [-0.2, 0) is 0 Å². The molecule has 0 spiro atoms. The van der Waals surface area contributed by atoms with E-state index in [9.17, 15) is 10.2 Å². The fraction of sp³-hybridized carbons (Fsp3) is 0.571. The van der Waals surface area contributed by atoms with E-state index in [0.717, 1.165) is 5.56 Å². The van der Waals surface area contributed by atoms with E-state index in [2.05, 4.69) is 19.2 Å². The predicted octanol–water partition coefficient (Wildman–Crippen LogP) is 2.16. The Morgan fingerprint density at radius 3 is 2.58 bits per heavy atom. The third-order valence-corrected chi connectivity index (χ3v) is 4.42. The van der Waals surface area contributed by atoms with Crippen LogP contribution in [0, 0.1) is 0 Å². The summed E-state index contributed by atoms with van der Waals surface area (Å²) in [6, 6.07) is 5.64. The van der Waals surface area contributed by atoms with Crippen LogP contribution in [0.25, 0.3) is 0 Å². The zero-order valence-corrected chi connectivity index (χ0v) is 12.7. The summed E-state index contributed by atoms with van der Waals surface area (Å²) in [7, 11) is 1.54. The molecule has 3 unspecified atom stereocenters. The Kier molecular flexibility index (Phi) is 6.48. The van der Waals surface area contributed by atoms with Crippen LogP contribution in [0.2, 0.25) is 0 Å². The van der Waals surface area contributed by atoms with Crippen molar-refractivity contribution in [1.82, 2.24) is 5.32 Å². The lowest BCUT2D eigenvalue weighted by Crippen LogP contribution is -2.38. The number of ether oxygens (including phenoxy) is 1. The van der Waals surface area contributed by atoms with E-state index in [1.54, 1.807) is 17.8 Å². The number of hydrogen-bond acceptors (Lipinski definition) is 5. The first kappa shape index (κ1) is 16.1. The fourth-order valence-electron chi connectivity index (χ4n) is 2.00. The first-order chi connectivity index (χ1) is 9.03. The third kappa shape index (κ3) is 4.30. The lowest BCUT2D eigenvalue weighted by atomic mass is 10.1. The second-order valence-electron chi connectivity index (χ2n) is 4.57. The molecule has 4 nitrogen and oxygen atoms in total. The monoisotopic (exact) mass is 285 g/mol. The summed E-state index contributed by atoms with van der Waals surface area (Å²) in [5.74, 6) is 0.617. The zero-order valence-electron chi connectivity index (χ0n) is 11.9. The highest BCUT2D eigenvalue weighted by Crippen LogP contribution is 2.29. The molecule has 1 rings (SSSR count). The summed E-state index contributed by atoms with van der Waals surface area (Å²) < 4.78 is 5.11. The number of rotatable bonds is 7. The van der Waals surface area contributed by atoms with Crippen LogP contribution in [0.4, 0.5) is 0 Å². The Balaban J connectivity index is 2.75. The molecular formula is C14H23NO3S. The maximum absolute atomic E-state index is 9.58. The van der Waals surface area contributed by atoms with Gasteiger partial charge in [0.2, 0.25) is 0 Å². The van der Waals surface area contributed by atoms with Crippen LogP contribution in [0.1, 0.15) is 25.5 Å². The Morgan fingerprint density at radius 2 is 2.05 bits per heavy atom. The maximum atomic E-state index is 9.58. The third-order valence-electron chi connectivity index (χ3n) is 3.26. The summed E-state index contributed by atoms with van der Waals surface area (Å²) in [5.41, 5.74) is 1.04. The average Bonchev–Trinajstić information content (AvgIpc) is 2.40. The first-order valence-electron chi connectivity index (χ1n) is 6.30. The number of aliphatic hydroxyl groups excluding tert-OH is 1. The Labute approximate surface area is 119 Å². The van der Waals surface area contributed by atoms with Crippen molar-refractivity contribution in [3.63, 3.8) is 0 Å². The Hall–Kier alpha value is -0.910. The van der Waals surface area contributed by atoms with Gasteiger partial charge >= 0.3 is 0 Å². The molecule has 1 aromatic carbocycles. The van der Waals surface area contributed by atoms with Crippen molar-refractivity contribution in [1.29, 1.82) is 0 Å². The fourth-order valence-corrected chi connectivity index (χ4v) is 2.63. The number of nitrogens with one attached hydrogen (secondary N) is 1. The molecule has 3 atom stereocenters. The molecular weight excluding hydrogens is 262 g/mol. The molecule has 0 radical (unpaired) electrons. The number of aromatic hydroxyl groups is 1. The molecule has 0 aromatic heterocycles. The number of thioether (sulfide) groups is 1. The first-order valence-corrected chi connectivity index (χ1v) is 7.58. The quantitative estimate of drug-likeness (QED) is 0.716. The van der Waals surface area contributed by atoms with Crippen LogP contribution in [-0.4, -0.2) is 41.5 Å². The van der Waals surface area contributed by atoms with Crippen molar-refractivity contribution in [2.45, 2.75) is 31.2 Å². The van der Waals surface area contributed by atoms with E-state index in [4.69, 9.17) is 4.74 Å². The molecule has 0 saturated heterocycles. The van der Waals surface area contributed by atoms with Gasteiger partial charge in [-0.05, 0) is 37.8 Å². The van der Waals surface area contributed by atoms with Gasteiger partial charge in [-0.15, -0.1) is 0 Å². The van der Waals surface area contributed by atoms with Crippen LogP contribution in [0.3, 0.4) is 0 Å². The standard InChI is InChI=1S/C14H23NO3S/c1-9(15-10(2)14(8-16)19-4)11-5-6-12(17)13(7-11)18-3/h5-7,9-10,14-17H,8H2,1-4H3. The molecule has 0 heterocycles. The number of aliphatic hydroxyl groups is 1. The normalized spacial score (nSPS) is 15.8. The summed E-state index contributed by atoms with van der Waals surface area (Å²) in [4.78, 5) is 0. The molecule has 0 bridgehead atoms. The highest BCUT2D eigenvalue weighted by Gasteiger charge is 2.18. The molecule has 3 N–H and O–H groups in total. The molecule has 1 aromatic rings. The number of hydrogen-bond donors (Lipinski definition) is 3. The predicted molar refractivity (Wildman–Crippen MR) is 80.1 cm³/mol. The molecule has 0 fully saturated rings. The minimum atomic E-state index is 0.116. The topological polar surface area (TPSA) is 61.7 Å². The summed E-state index contributed by atoms with van der Waals surface area (Å²) in [6.45, 7) is 4.27. The van der Waals surface area contributed by atoms with E-state index in [-0.39, 0.29) is 29.7 Å². The highest BCUT2D eigenvalue weighted by molar-refractivity contribution is 7.99. The summed E-state index contributed by atoms with van der Waals surface area (Å²) in [6.07, 6.45) is 1.99. The van der Waals surface area contributed by atoms with Crippen LogP contribution < -0.4 is 10.1 Å². The molecule has 0 saturated carbocycles. The smallest absolute Gasteiger partial charge is 0.160 e. The van der Waals surface area contributed by atoms with Crippen molar-refractivity contribution in [2.24, 2.45) is 0 Å². The second kappa shape index (κ2) is 7.62. The largest absolute Gasteiger partial charge is 0.504 e. The number of phenolic OH excluding ortho intramolecular Hbond substituents is 1. The molecule has 108 valence electrons. The van der Waals surface area contributed by atoms with Crippen LogP contribution in [0.5, 0.6) is 11.5 Å². The van der Waals surface area contributed by atoms with Gasteiger partial charge in [-0.25, -0.2) is 0 Å². The lowest BCUT2D eigenvalue weighted by Gasteiger charge is -2.26. The minimum absolute atomic E-state index is 0.116. The Morgan fingerprint density at radius 1 is 1.37 bits per heavy atom. The van der Waals surface area contributed by atoms with Gasteiger partial charge in [-0.1, -0.05) is 6.07 Å². The van der Waals surface area contributed by atoms with E-state index in [1.807, 2.05) is 18.4 Å². The molecule has 0 aliphatic heterocycles. The van der Waals surface area contributed by atoms with Gasteiger partial charge in [0.15, 0.2) is 11.5 Å². The Bertz CT molecular complexity index is 396. The van der Waals surface area contributed by atoms with Crippen molar-refractivity contribution in [3.8, 4) is 11.5 Å². The van der Waals surface area contributed by atoms with E-state index in [1.165, 1.54) is 7.11 Å². The van der Waals surface area contributed by atoms with Crippen molar-refractivity contribution < 1.29 is 14.9 Å². The van der Waals surface area contributed by atoms with Crippen LogP contribution in [0.15, 0.2) is 18.2 Å². The SMILES string of the molecule is COc1cc(C(C)NC(C)C(CO)SC)ccc1O. The average molecular weight is 285 g/mol. The van der Waals surface area contributed by atoms with Crippen molar-refractivity contribution >= 4 is 11.8 Å². The number of benzene rings is 1. The molecule has 5 heteroatoms. The number of methoxy groups -OCH3 is 1. The molecule has 0 aliphatic carbocycles. The van der Waals surface area contributed by atoms with Crippen molar-refractivity contribution in [2.75, 3.05) is 20.0 Å². The van der Waals surface area contributed by atoms with Gasteiger partial charge in [0.25, 0.3) is 0 Å².